The zero-order chi connectivity index (χ0) is 19.2. The number of nitrogens with one attached hydrogen (secondary N) is 1. The average molecular weight is 393 g/mol. The van der Waals surface area contributed by atoms with Crippen LogP contribution in [0.5, 0.6) is 0 Å². The standard InChI is InChI=1S/C22H24N4OS/c27-22(16-28-15-17-6-2-1-3-7-17)24-12-13-26-21(18-9-10-18)14-20(25-26)19-8-4-5-11-23-19/h1-8,11,14,18H,9-10,12-13,15-16H2,(H,24,27). The van der Waals surface area contributed by atoms with Gasteiger partial charge in [-0.1, -0.05) is 36.4 Å². The molecule has 1 aliphatic rings. The minimum Gasteiger partial charge on any atom is -0.354 e. The molecule has 1 N–H and O–H groups in total. The van der Waals surface area contributed by atoms with Crippen LogP contribution in [0, 0.1) is 0 Å². The lowest BCUT2D eigenvalue weighted by Crippen LogP contribution is -2.29. The zero-order valence-corrected chi connectivity index (χ0v) is 16.6. The summed E-state index contributed by atoms with van der Waals surface area (Å²) < 4.78 is 2.04. The monoisotopic (exact) mass is 392 g/mol. The predicted molar refractivity (Wildman–Crippen MR) is 113 cm³/mol. The highest BCUT2D eigenvalue weighted by Gasteiger charge is 2.28. The highest BCUT2D eigenvalue weighted by atomic mass is 32.2. The first kappa shape index (κ1) is 18.7. The van der Waals surface area contributed by atoms with E-state index < -0.39 is 0 Å². The summed E-state index contributed by atoms with van der Waals surface area (Å²) in [5.41, 5.74) is 4.30. The lowest BCUT2D eigenvalue weighted by atomic mass is 10.2. The van der Waals surface area contributed by atoms with Gasteiger partial charge in [-0.3, -0.25) is 14.5 Å². The summed E-state index contributed by atoms with van der Waals surface area (Å²) in [4.78, 5) is 16.5. The van der Waals surface area contributed by atoms with Crippen molar-refractivity contribution in [1.29, 1.82) is 0 Å². The third-order valence-corrected chi connectivity index (χ3v) is 5.73. The van der Waals surface area contributed by atoms with Crippen molar-refractivity contribution in [2.45, 2.75) is 31.1 Å². The molecular formula is C22H24N4OS. The molecule has 2 aromatic heterocycles. The van der Waals surface area contributed by atoms with E-state index in [9.17, 15) is 4.79 Å². The van der Waals surface area contributed by atoms with Crippen LogP contribution in [0.15, 0.2) is 60.8 Å². The Labute approximate surface area is 169 Å². The maximum atomic E-state index is 12.1. The summed E-state index contributed by atoms with van der Waals surface area (Å²) in [6.45, 7) is 1.28. The van der Waals surface area contributed by atoms with E-state index in [2.05, 4.69) is 28.5 Å². The Hall–Kier alpha value is -2.60. The highest BCUT2D eigenvalue weighted by Crippen LogP contribution is 2.41. The summed E-state index contributed by atoms with van der Waals surface area (Å²) in [5, 5.41) is 7.75. The van der Waals surface area contributed by atoms with Crippen molar-refractivity contribution in [2.24, 2.45) is 0 Å². The van der Waals surface area contributed by atoms with Gasteiger partial charge in [-0.2, -0.15) is 5.10 Å². The second kappa shape index (κ2) is 9.06. The first-order chi connectivity index (χ1) is 13.8. The SMILES string of the molecule is O=C(CSCc1ccccc1)NCCn1nc(-c2ccccn2)cc1C1CC1. The molecule has 1 aromatic carbocycles. The van der Waals surface area contributed by atoms with Crippen LogP contribution in [0.25, 0.3) is 11.4 Å². The predicted octanol–water partition coefficient (Wildman–Crippen LogP) is 3.87. The van der Waals surface area contributed by atoms with Gasteiger partial charge in [0.1, 0.15) is 5.69 Å². The van der Waals surface area contributed by atoms with Crippen LogP contribution in [0.2, 0.25) is 0 Å². The molecule has 2 heterocycles. The van der Waals surface area contributed by atoms with E-state index in [4.69, 9.17) is 5.10 Å². The summed E-state index contributed by atoms with van der Waals surface area (Å²) in [5.74, 6) is 2.00. The second-order valence-electron chi connectivity index (χ2n) is 7.00. The van der Waals surface area contributed by atoms with E-state index in [0.29, 0.717) is 24.8 Å². The fraction of sp³-hybridized carbons (Fsp3) is 0.318. The molecule has 5 nitrogen and oxygen atoms in total. The number of amides is 1. The smallest absolute Gasteiger partial charge is 0.230 e. The normalized spacial score (nSPS) is 13.4. The first-order valence-corrected chi connectivity index (χ1v) is 10.8. The van der Waals surface area contributed by atoms with Crippen molar-refractivity contribution in [3.8, 4) is 11.4 Å². The molecule has 1 saturated carbocycles. The van der Waals surface area contributed by atoms with E-state index in [0.717, 1.165) is 17.1 Å². The Balaban J connectivity index is 1.27. The summed E-state index contributed by atoms with van der Waals surface area (Å²) in [6, 6.07) is 18.2. The van der Waals surface area contributed by atoms with E-state index in [1.165, 1.54) is 24.1 Å². The molecule has 4 rings (SSSR count). The number of thioether (sulfide) groups is 1. The Morgan fingerprint density at radius 1 is 1.11 bits per heavy atom. The number of aromatic nitrogens is 3. The van der Waals surface area contributed by atoms with Crippen molar-refractivity contribution in [2.75, 3.05) is 12.3 Å². The van der Waals surface area contributed by atoms with Crippen LogP contribution >= 0.6 is 11.8 Å². The second-order valence-corrected chi connectivity index (χ2v) is 7.98. The van der Waals surface area contributed by atoms with E-state index in [-0.39, 0.29) is 5.91 Å². The zero-order valence-electron chi connectivity index (χ0n) is 15.8. The lowest BCUT2D eigenvalue weighted by molar-refractivity contribution is -0.118. The number of carbonyl (C=O) groups excluding carboxylic acids is 1. The number of pyridine rings is 1. The van der Waals surface area contributed by atoms with Crippen molar-refractivity contribution >= 4 is 17.7 Å². The third-order valence-electron chi connectivity index (χ3n) is 4.72. The molecule has 0 spiro atoms. The Kier molecular flexibility index (Phi) is 6.07. The summed E-state index contributed by atoms with van der Waals surface area (Å²) in [6.07, 6.45) is 4.23. The number of nitrogens with zero attached hydrogens (tertiary/aromatic N) is 3. The summed E-state index contributed by atoms with van der Waals surface area (Å²) in [7, 11) is 0. The maximum absolute atomic E-state index is 12.1. The topological polar surface area (TPSA) is 59.8 Å². The van der Waals surface area contributed by atoms with Crippen LogP contribution in [0.1, 0.15) is 30.0 Å². The van der Waals surface area contributed by atoms with Gasteiger partial charge >= 0.3 is 0 Å². The van der Waals surface area contributed by atoms with Gasteiger partial charge in [0, 0.05) is 30.1 Å². The molecule has 6 heteroatoms. The first-order valence-electron chi connectivity index (χ1n) is 9.67. The van der Waals surface area contributed by atoms with Crippen LogP contribution in [0.4, 0.5) is 0 Å². The van der Waals surface area contributed by atoms with E-state index in [1.807, 2.05) is 41.1 Å². The van der Waals surface area contributed by atoms with E-state index in [1.54, 1.807) is 18.0 Å². The quantitative estimate of drug-likeness (QED) is 0.600. The molecule has 0 unspecified atom stereocenters. The number of hydrogen-bond acceptors (Lipinski definition) is 4. The maximum Gasteiger partial charge on any atom is 0.230 e. The number of carbonyl (C=O) groups is 1. The van der Waals surface area contributed by atoms with Crippen LogP contribution in [-0.4, -0.2) is 33.0 Å². The Morgan fingerprint density at radius 2 is 1.93 bits per heavy atom. The molecule has 0 aliphatic heterocycles. The lowest BCUT2D eigenvalue weighted by Gasteiger charge is -2.08. The molecule has 144 valence electrons. The largest absolute Gasteiger partial charge is 0.354 e. The minimum atomic E-state index is 0.0750. The molecule has 0 atom stereocenters. The fourth-order valence-corrected chi connectivity index (χ4v) is 3.96. The number of hydrogen-bond donors (Lipinski definition) is 1. The van der Waals surface area contributed by atoms with Crippen molar-refractivity contribution in [3.63, 3.8) is 0 Å². The molecule has 0 bridgehead atoms. The molecule has 1 aliphatic carbocycles. The Morgan fingerprint density at radius 3 is 2.68 bits per heavy atom. The van der Waals surface area contributed by atoms with Gasteiger partial charge in [0.05, 0.1) is 18.0 Å². The van der Waals surface area contributed by atoms with Gasteiger partial charge in [0.15, 0.2) is 0 Å². The van der Waals surface area contributed by atoms with Crippen molar-refractivity contribution in [3.05, 3.63) is 72.1 Å². The molecule has 0 saturated heterocycles. The summed E-state index contributed by atoms with van der Waals surface area (Å²) >= 11 is 1.64. The molecule has 1 amide bonds. The van der Waals surface area contributed by atoms with Crippen LogP contribution < -0.4 is 5.32 Å². The number of benzene rings is 1. The average Bonchev–Trinajstić information content (AvgIpc) is 3.49. The molecule has 1 fully saturated rings. The van der Waals surface area contributed by atoms with Gasteiger partial charge in [0.2, 0.25) is 5.91 Å². The van der Waals surface area contributed by atoms with Gasteiger partial charge in [-0.15, -0.1) is 11.8 Å². The minimum absolute atomic E-state index is 0.0750. The Bertz CT molecular complexity index is 907. The number of rotatable bonds is 9. The third kappa shape index (κ3) is 5.01. The fourth-order valence-electron chi connectivity index (χ4n) is 3.15. The molecular weight excluding hydrogens is 368 g/mol. The van der Waals surface area contributed by atoms with Crippen LogP contribution in [-0.2, 0) is 17.1 Å². The molecule has 0 radical (unpaired) electrons. The van der Waals surface area contributed by atoms with Crippen LogP contribution in [0.3, 0.4) is 0 Å². The van der Waals surface area contributed by atoms with Crippen molar-refractivity contribution in [1.82, 2.24) is 20.1 Å². The van der Waals surface area contributed by atoms with Gasteiger partial charge < -0.3 is 5.32 Å². The van der Waals surface area contributed by atoms with Gasteiger partial charge in [-0.05, 0) is 36.6 Å². The van der Waals surface area contributed by atoms with E-state index >= 15 is 0 Å². The molecule has 3 aromatic rings. The molecule has 28 heavy (non-hydrogen) atoms. The van der Waals surface area contributed by atoms with Gasteiger partial charge in [-0.25, -0.2) is 0 Å². The highest BCUT2D eigenvalue weighted by molar-refractivity contribution is 7.99. The van der Waals surface area contributed by atoms with Gasteiger partial charge in [0.25, 0.3) is 0 Å². The van der Waals surface area contributed by atoms with Crippen molar-refractivity contribution < 1.29 is 4.79 Å².